The van der Waals surface area contributed by atoms with Gasteiger partial charge < -0.3 is 10.5 Å². The van der Waals surface area contributed by atoms with Crippen molar-refractivity contribution >= 4 is 23.3 Å². The lowest BCUT2D eigenvalue weighted by Crippen LogP contribution is -2.13. The normalized spacial score (nSPS) is 11.5. The Balaban J connectivity index is 2.93. The average molecular weight is 225 g/mol. The van der Waals surface area contributed by atoms with E-state index in [1.807, 2.05) is 0 Å². The summed E-state index contributed by atoms with van der Waals surface area (Å²) in [6, 6.07) is 6.44. The first-order valence-electron chi connectivity index (χ1n) is 4.21. The van der Waals surface area contributed by atoms with Gasteiger partial charge in [0, 0.05) is 0 Å². The first-order chi connectivity index (χ1) is 7.06. The summed E-state index contributed by atoms with van der Waals surface area (Å²) in [6.07, 6.45) is -0.810. The second kappa shape index (κ2) is 4.67. The van der Waals surface area contributed by atoms with Crippen molar-refractivity contribution < 1.29 is 9.53 Å². The number of nitrogen functional groups attached to an aromatic ring is 1. The molecule has 0 radical (unpaired) electrons. The van der Waals surface area contributed by atoms with Crippen molar-refractivity contribution in [3.8, 4) is 6.07 Å². The number of halogens is 1. The number of nitriles is 1. The summed E-state index contributed by atoms with van der Waals surface area (Å²) in [7, 11) is 0. The molecule has 0 amide bonds. The second-order valence-corrected chi connectivity index (χ2v) is 3.26. The molecule has 1 aromatic carbocycles. The van der Waals surface area contributed by atoms with E-state index in [4.69, 9.17) is 27.3 Å². The minimum atomic E-state index is -0.810. The number of anilines is 1. The number of rotatable bonds is 2. The Bertz CT molecular complexity index is 426. The van der Waals surface area contributed by atoms with Crippen molar-refractivity contribution in [1.82, 2.24) is 0 Å². The number of benzene rings is 1. The molecule has 0 aliphatic rings. The lowest BCUT2D eigenvalue weighted by Gasteiger charge is -2.08. The zero-order valence-corrected chi connectivity index (χ0v) is 8.78. The number of hydrogen-bond donors (Lipinski definition) is 1. The van der Waals surface area contributed by atoms with Gasteiger partial charge in [0.1, 0.15) is 6.07 Å². The summed E-state index contributed by atoms with van der Waals surface area (Å²) in [5, 5.41) is 8.62. The Labute approximate surface area is 92.2 Å². The van der Waals surface area contributed by atoms with Crippen molar-refractivity contribution in [3.05, 3.63) is 28.8 Å². The summed E-state index contributed by atoms with van der Waals surface area (Å²) in [5.74, 6) is -0.652. The Hall–Kier alpha value is -1.73. The van der Waals surface area contributed by atoms with Crippen LogP contribution in [0, 0.1) is 11.3 Å². The van der Waals surface area contributed by atoms with Crippen LogP contribution in [-0.4, -0.2) is 12.1 Å². The van der Waals surface area contributed by atoms with E-state index in [2.05, 4.69) is 0 Å². The number of nitrogens with zero attached hydrogens (tertiary/aromatic N) is 1. The first-order valence-corrected chi connectivity index (χ1v) is 4.58. The number of ether oxygens (including phenoxy) is 1. The molecular weight excluding hydrogens is 216 g/mol. The van der Waals surface area contributed by atoms with Crippen molar-refractivity contribution in [1.29, 1.82) is 5.26 Å². The number of esters is 1. The zero-order valence-electron chi connectivity index (χ0n) is 8.03. The van der Waals surface area contributed by atoms with E-state index < -0.39 is 12.1 Å². The Morgan fingerprint density at radius 1 is 1.67 bits per heavy atom. The van der Waals surface area contributed by atoms with E-state index >= 15 is 0 Å². The fraction of sp³-hybridized carbons (Fsp3) is 0.200. The van der Waals surface area contributed by atoms with Gasteiger partial charge in [0.05, 0.1) is 16.3 Å². The van der Waals surface area contributed by atoms with Crippen LogP contribution in [0.15, 0.2) is 18.2 Å². The van der Waals surface area contributed by atoms with Crippen molar-refractivity contribution in [3.63, 3.8) is 0 Å². The molecule has 0 aromatic heterocycles. The lowest BCUT2D eigenvalue weighted by molar-refractivity contribution is 0.0436. The van der Waals surface area contributed by atoms with Crippen LogP contribution >= 0.6 is 11.6 Å². The highest BCUT2D eigenvalue weighted by atomic mass is 35.5. The third kappa shape index (κ3) is 2.61. The van der Waals surface area contributed by atoms with Gasteiger partial charge in [0.2, 0.25) is 0 Å². The molecule has 1 rings (SSSR count). The molecule has 0 aliphatic carbocycles. The van der Waals surface area contributed by atoms with Crippen LogP contribution in [-0.2, 0) is 4.74 Å². The third-order valence-corrected chi connectivity index (χ3v) is 2.14. The molecule has 2 N–H and O–H groups in total. The highest BCUT2D eigenvalue weighted by molar-refractivity contribution is 6.36. The topological polar surface area (TPSA) is 76.1 Å². The van der Waals surface area contributed by atoms with Gasteiger partial charge in [-0.05, 0) is 19.1 Å². The summed E-state index contributed by atoms with van der Waals surface area (Å²) in [4.78, 5) is 11.5. The molecule has 1 atom stereocenters. The van der Waals surface area contributed by atoms with Crippen molar-refractivity contribution in [2.45, 2.75) is 13.0 Å². The molecule has 15 heavy (non-hydrogen) atoms. The number of nitrogens with two attached hydrogens (primary N) is 1. The second-order valence-electron chi connectivity index (χ2n) is 2.89. The van der Waals surface area contributed by atoms with Crippen LogP contribution in [0.5, 0.6) is 0 Å². The number of carbonyl (C=O) groups is 1. The molecule has 4 nitrogen and oxygen atoms in total. The molecule has 78 valence electrons. The van der Waals surface area contributed by atoms with Crippen LogP contribution in [0.25, 0.3) is 0 Å². The minimum absolute atomic E-state index is 0.146. The van der Waals surface area contributed by atoms with E-state index in [1.54, 1.807) is 18.2 Å². The largest absolute Gasteiger partial charge is 0.444 e. The molecule has 0 spiro atoms. The van der Waals surface area contributed by atoms with Gasteiger partial charge in [0.25, 0.3) is 0 Å². The monoisotopic (exact) mass is 224 g/mol. The molecule has 1 aromatic rings. The summed E-state index contributed by atoms with van der Waals surface area (Å²) in [5.41, 5.74) is 5.98. The van der Waals surface area contributed by atoms with Gasteiger partial charge in [-0.3, -0.25) is 0 Å². The van der Waals surface area contributed by atoms with Crippen LogP contribution in [0.4, 0.5) is 5.69 Å². The van der Waals surface area contributed by atoms with Crippen LogP contribution in [0.3, 0.4) is 0 Å². The van der Waals surface area contributed by atoms with Gasteiger partial charge in [-0.1, -0.05) is 17.7 Å². The molecular formula is C10H9ClN2O2. The standard InChI is InChI=1S/C10H9ClN2O2/c1-6(5-12)15-10(14)7-3-2-4-8(13)9(7)11/h2-4,6H,13H2,1H3. The molecule has 0 saturated heterocycles. The predicted octanol–water partition coefficient (Wildman–Crippen LogP) is 1.99. The smallest absolute Gasteiger partial charge is 0.341 e. The maximum Gasteiger partial charge on any atom is 0.341 e. The predicted molar refractivity (Wildman–Crippen MR) is 56.4 cm³/mol. The summed E-state index contributed by atoms with van der Waals surface area (Å²) < 4.78 is 4.78. The quantitative estimate of drug-likeness (QED) is 0.616. The average Bonchev–Trinajstić information content (AvgIpc) is 2.21. The Morgan fingerprint density at radius 2 is 2.33 bits per heavy atom. The Kier molecular flexibility index (Phi) is 3.53. The van der Waals surface area contributed by atoms with Gasteiger partial charge in [-0.15, -0.1) is 0 Å². The third-order valence-electron chi connectivity index (χ3n) is 1.71. The fourth-order valence-electron chi connectivity index (χ4n) is 0.958. The maximum absolute atomic E-state index is 11.5. The van der Waals surface area contributed by atoms with E-state index in [0.29, 0.717) is 5.69 Å². The molecule has 0 aliphatic heterocycles. The summed E-state index contributed by atoms with van der Waals surface area (Å²) in [6.45, 7) is 1.47. The molecule has 1 unspecified atom stereocenters. The minimum Gasteiger partial charge on any atom is -0.444 e. The van der Waals surface area contributed by atoms with Crippen LogP contribution in [0.2, 0.25) is 5.02 Å². The maximum atomic E-state index is 11.5. The zero-order chi connectivity index (χ0) is 11.4. The molecule has 0 fully saturated rings. The highest BCUT2D eigenvalue weighted by Gasteiger charge is 2.15. The summed E-state index contributed by atoms with van der Waals surface area (Å²) >= 11 is 5.81. The number of hydrogen-bond acceptors (Lipinski definition) is 4. The van der Waals surface area contributed by atoms with E-state index in [-0.39, 0.29) is 10.6 Å². The molecule has 0 bridgehead atoms. The Morgan fingerprint density at radius 3 is 2.93 bits per heavy atom. The van der Waals surface area contributed by atoms with Gasteiger partial charge in [-0.2, -0.15) is 5.26 Å². The molecule has 5 heteroatoms. The number of carbonyl (C=O) groups excluding carboxylic acids is 1. The SMILES string of the molecule is CC(C#N)OC(=O)c1cccc(N)c1Cl. The van der Waals surface area contributed by atoms with Gasteiger partial charge in [-0.25, -0.2) is 4.79 Å². The fourth-order valence-corrected chi connectivity index (χ4v) is 1.16. The molecule has 0 saturated carbocycles. The van der Waals surface area contributed by atoms with Gasteiger partial charge >= 0.3 is 5.97 Å². The van der Waals surface area contributed by atoms with Crippen molar-refractivity contribution in [2.75, 3.05) is 5.73 Å². The van der Waals surface area contributed by atoms with E-state index in [0.717, 1.165) is 0 Å². The van der Waals surface area contributed by atoms with Crippen LogP contribution in [0.1, 0.15) is 17.3 Å². The molecule has 0 heterocycles. The van der Waals surface area contributed by atoms with Gasteiger partial charge in [0.15, 0.2) is 6.10 Å². The lowest BCUT2D eigenvalue weighted by atomic mass is 10.2. The van der Waals surface area contributed by atoms with Crippen molar-refractivity contribution in [2.24, 2.45) is 0 Å². The highest BCUT2D eigenvalue weighted by Crippen LogP contribution is 2.23. The van der Waals surface area contributed by atoms with Crippen LogP contribution < -0.4 is 5.73 Å². The first kappa shape index (κ1) is 11.3. The van der Waals surface area contributed by atoms with E-state index in [1.165, 1.54) is 13.0 Å². The van der Waals surface area contributed by atoms with E-state index in [9.17, 15) is 4.79 Å².